The number of hydrogen-bond donors (Lipinski definition) is 1. The fourth-order valence-electron chi connectivity index (χ4n) is 13.3. The smallest absolute Gasteiger partial charge is 0.0663 e. The first-order valence-corrected chi connectivity index (χ1v) is 16.1. The highest BCUT2D eigenvalue weighted by Gasteiger charge is 2.72. The van der Waals surface area contributed by atoms with E-state index in [9.17, 15) is 0 Å². The quantitative estimate of drug-likeness (QED) is 0.373. The molecule has 0 spiro atoms. The van der Waals surface area contributed by atoms with Crippen LogP contribution in [-0.2, 0) is 16.6 Å². The van der Waals surface area contributed by atoms with E-state index in [4.69, 9.17) is 4.74 Å². The van der Waals surface area contributed by atoms with Gasteiger partial charge in [0.2, 0.25) is 0 Å². The van der Waals surface area contributed by atoms with Gasteiger partial charge in [0.1, 0.15) is 0 Å². The number of rotatable bonds is 0. The van der Waals surface area contributed by atoms with Gasteiger partial charge in [0, 0.05) is 22.0 Å². The third-order valence-corrected chi connectivity index (χ3v) is 15.3. The Labute approximate surface area is 231 Å². The van der Waals surface area contributed by atoms with E-state index in [1.165, 1.54) is 68.7 Å². The Bertz CT molecular complexity index is 1320. The van der Waals surface area contributed by atoms with E-state index >= 15 is 0 Å². The lowest BCUT2D eigenvalue weighted by Crippen LogP contribution is -2.67. The van der Waals surface area contributed by atoms with Crippen molar-refractivity contribution in [2.75, 3.05) is 6.61 Å². The highest BCUT2D eigenvalue weighted by atomic mass is 16.5. The summed E-state index contributed by atoms with van der Waals surface area (Å²) in [4.78, 5) is 3.93. The van der Waals surface area contributed by atoms with Gasteiger partial charge in [0.05, 0.1) is 12.7 Å². The first-order chi connectivity index (χ1) is 17.9. The van der Waals surface area contributed by atoms with E-state index in [0.717, 1.165) is 30.3 Å². The van der Waals surface area contributed by atoms with Crippen molar-refractivity contribution in [1.29, 1.82) is 0 Å². The predicted molar refractivity (Wildman–Crippen MR) is 156 cm³/mol. The number of H-pyrrole nitrogens is 1. The van der Waals surface area contributed by atoms with E-state index in [2.05, 4.69) is 77.7 Å². The van der Waals surface area contributed by atoms with Gasteiger partial charge in [0.25, 0.3) is 0 Å². The molecule has 0 radical (unpaired) electrons. The molecule has 0 unspecified atom stereocenters. The minimum Gasteiger partial charge on any atom is -0.377 e. The molecule has 4 saturated carbocycles. The molecule has 2 bridgehead atoms. The summed E-state index contributed by atoms with van der Waals surface area (Å²) in [5.74, 6) is 3.18. The summed E-state index contributed by atoms with van der Waals surface area (Å²) in [5.41, 5.74) is 6.76. The van der Waals surface area contributed by atoms with Crippen LogP contribution in [0.4, 0.5) is 0 Å². The van der Waals surface area contributed by atoms with E-state index < -0.39 is 0 Å². The molecule has 1 aromatic heterocycles. The van der Waals surface area contributed by atoms with E-state index in [0.29, 0.717) is 33.2 Å². The summed E-state index contributed by atoms with van der Waals surface area (Å²) in [6.07, 6.45) is 13.0. The Morgan fingerprint density at radius 1 is 0.789 bits per heavy atom. The summed E-state index contributed by atoms with van der Waals surface area (Å²) in [7, 11) is 0. The highest BCUT2D eigenvalue weighted by molar-refractivity contribution is 5.85. The zero-order valence-electron chi connectivity index (χ0n) is 25.2. The molecule has 6 aliphatic rings. The monoisotopic (exact) mass is 513 g/mol. The third kappa shape index (κ3) is 2.62. The van der Waals surface area contributed by atoms with Crippen molar-refractivity contribution < 1.29 is 4.74 Å². The zero-order valence-corrected chi connectivity index (χ0v) is 25.2. The number of para-hydroxylation sites is 1. The van der Waals surface area contributed by atoms with Crippen molar-refractivity contribution in [3.8, 4) is 0 Å². The lowest BCUT2D eigenvalue weighted by atomic mass is 9.31. The van der Waals surface area contributed by atoms with Crippen LogP contribution in [0.25, 0.3) is 10.9 Å². The van der Waals surface area contributed by atoms with Gasteiger partial charge in [-0.05, 0) is 120 Å². The molecule has 5 fully saturated rings. The molecule has 2 heteroatoms. The minimum atomic E-state index is 0.192. The molecule has 38 heavy (non-hydrogen) atoms. The van der Waals surface area contributed by atoms with Gasteiger partial charge in [-0.15, -0.1) is 0 Å². The summed E-state index contributed by atoms with van der Waals surface area (Å²) in [5, 5.41) is 1.49. The van der Waals surface area contributed by atoms with Crippen molar-refractivity contribution in [1.82, 2.24) is 4.98 Å². The molecule has 8 rings (SSSR count). The first-order valence-electron chi connectivity index (χ1n) is 16.1. The van der Waals surface area contributed by atoms with Crippen LogP contribution in [-0.4, -0.2) is 17.7 Å². The Balaban J connectivity index is 1.23. The number of aromatic amines is 1. The molecule has 1 saturated heterocycles. The van der Waals surface area contributed by atoms with Gasteiger partial charge in [-0.25, -0.2) is 0 Å². The Morgan fingerprint density at radius 3 is 2.37 bits per heavy atom. The number of hydrogen-bond acceptors (Lipinski definition) is 1. The topological polar surface area (TPSA) is 25.0 Å². The average Bonchev–Trinajstić information content (AvgIpc) is 3.40. The number of aromatic nitrogens is 1. The van der Waals surface area contributed by atoms with E-state index in [1.807, 2.05) is 0 Å². The molecular weight excluding hydrogens is 462 g/mol. The maximum atomic E-state index is 6.79. The second-order valence-corrected chi connectivity index (χ2v) is 17.2. The number of nitrogens with one attached hydrogen (secondary N) is 1. The van der Waals surface area contributed by atoms with Crippen LogP contribution in [0.5, 0.6) is 0 Å². The molecule has 5 aliphatic carbocycles. The lowest BCUT2D eigenvalue weighted by Gasteiger charge is -2.73. The predicted octanol–water partition coefficient (Wildman–Crippen LogP) is 9.07. The van der Waals surface area contributed by atoms with Crippen LogP contribution < -0.4 is 0 Å². The number of fused-ring (bicyclic) bond motifs is 8. The van der Waals surface area contributed by atoms with E-state index in [-0.39, 0.29) is 5.41 Å². The standard InChI is InChI=1S/C36H51NO/c1-31(2)16-18-36-19-17-34(6)24(28(36)30(31)38-21-36)12-13-27-33(5)20-23-22-10-8-9-11-25(22)37-29(23)32(3,4)26(33)14-15-35(27,34)7/h8-11,24,26-28,30,37H,12-21H2,1-7H3/t24-,26+,27+,28+,30+,33-,34+,35+,36+/m0/s1. The third-order valence-electron chi connectivity index (χ3n) is 15.3. The molecule has 1 aliphatic heterocycles. The largest absolute Gasteiger partial charge is 0.377 e. The van der Waals surface area contributed by atoms with E-state index in [1.54, 1.807) is 11.3 Å². The summed E-state index contributed by atoms with van der Waals surface area (Å²) in [6.45, 7) is 19.5. The molecule has 1 aromatic carbocycles. The summed E-state index contributed by atoms with van der Waals surface area (Å²) >= 11 is 0. The highest BCUT2D eigenvalue weighted by Crippen LogP contribution is 2.77. The van der Waals surface area contributed by atoms with Gasteiger partial charge < -0.3 is 9.72 Å². The molecule has 9 atom stereocenters. The van der Waals surface area contributed by atoms with Crippen LogP contribution in [0.2, 0.25) is 0 Å². The van der Waals surface area contributed by atoms with Crippen molar-refractivity contribution in [3.63, 3.8) is 0 Å². The van der Waals surface area contributed by atoms with Crippen LogP contribution in [0, 0.1) is 50.7 Å². The molecular formula is C36H51NO. The maximum absolute atomic E-state index is 6.79. The molecule has 2 nitrogen and oxygen atoms in total. The van der Waals surface area contributed by atoms with Crippen molar-refractivity contribution in [2.45, 2.75) is 118 Å². The second kappa shape index (κ2) is 7.13. The maximum Gasteiger partial charge on any atom is 0.0663 e. The molecule has 0 amide bonds. The number of ether oxygens (including phenoxy) is 1. The first kappa shape index (κ1) is 24.5. The minimum absolute atomic E-state index is 0.192. The molecule has 2 aromatic rings. The Hall–Kier alpha value is -1.28. The SMILES string of the molecule is CC1(C)CC[C@]23CC[C@]4(C)[C@@H](CC[C@@H]5[C@@]6(C)Cc7c([nH]c8ccccc78)C(C)(C)[C@H]6CC[C@]54C)[C@@H]2[C@H]1OC3. The van der Waals surface area contributed by atoms with Crippen molar-refractivity contribution in [2.24, 2.45) is 50.7 Å². The van der Waals surface area contributed by atoms with Gasteiger partial charge in [-0.1, -0.05) is 66.7 Å². The normalized spacial score (nSPS) is 49.9. The van der Waals surface area contributed by atoms with Gasteiger partial charge in [-0.2, -0.15) is 0 Å². The van der Waals surface area contributed by atoms with Gasteiger partial charge in [0.15, 0.2) is 0 Å². The van der Waals surface area contributed by atoms with Crippen molar-refractivity contribution >= 4 is 10.9 Å². The average molecular weight is 514 g/mol. The fourth-order valence-corrected chi connectivity index (χ4v) is 13.3. The summed E-state index contributed by atoms with van der Waals surface area (Å²) in [6, 6.07) is 9.12. The summed E-state index contributed by atoms with van der Waals surface area (Å²) < 4.78 is 6.79. The van der Waals surface area contributed by atoms with Crippen LogP contribution in [0.3, 0.4) is 0 Å². The van der Waals surface area contributed by atoms with Gasteiger partial charge >= 0.3 is 0 Å². The Kier molecular flexibility index (Phi) is 4.60. The fraction of sp³-hybridized carbons (Fsp3) is 0.778. The molecule has 1 N–H and O–H groups in total. The molecule has 206 valence electrons. The van der Waals surface area contributed by atoms with Crippen molar-refractivity contribution in [3.05, 3.63) is 35.5 Å². The van der Waals surface area contributed by atoms with Crippen LogP contribution >= 0.6 is 0 Å². The van der Waals surface area contributed by atoms with Crippen LogP contribution in [0.1, 0.15) is 111 Å². The lowest BCUT2D eigenvalue weighted by molar-refractivity contribution is -0.232. The Morgan fingerprint density at radius 2 is 1.55 bits per heavy atom. The second-order valence-electron chi connectivity index (χ2n) is 17.2. The number of benzene rings is 1. The van der Waals surface area contributed by atoms with Gasteiger partial charge in [-0.3, -0.25) is 0 Å². The zero-order chi connectivity index (χ0) is 26.5. The van der Waals surface area contributed by atoms with Crippen LogP contribution in [0.15, 0.2) is 24.3 Å². The molecule has 2 heterocycles.